The number of benzene rings is 2. The molecule has 2 atom stereocenters. The summed E-state index contributed by atoms with van der Waals surface area (Å²) in [6.07, 6.45) is 4.52. The maximum Gasteiger partial charge on any atom is 0.205 e. The third-order valence-electron chi connectivity index (χ3n) is 5.25. The second-order valence-electron chi connectivity index (χ2n) is 7.18. The second kappa shape index (κ2) is 6.87. The first-order chi connectivity index (χ1) is 13.1. The van der Waals surface area contributed by atoms with Crippen LogP contribution in [0.25, 0.3) is 11.1 Å². The van der Waals surface area contributed by atoms with Gasteiger partial charge in [0.05, 0.1) is 30.1 Å². The Kier molecular flexibility index (Phi) is 4.39. The van der Waals surface area contributed by atoms with Crippen LogP contribution in [0.15, 0.2) is 47.5 Å². The minimum atomic E-state index is -0.447. The first-order valence-electron chi connectivity index (χ1n) is 9.04. The first-order valence-corrected chi connectivity index (χ1v) is 9.04. The molecular weight excluding hydrogens is 338 g/mol. The topological polar surface area (TPSA) is 78.4 Å². The summed E-state index contributed by atoms with van der Waals surface area (Å²) in [5.74, 6) is 0.730. The molecule has 2 aromatic rings. The summed E-state index contributed by atoms with van der Waals surface area (Å²) < 4.78 is 12.2. The fraction of sp³-hybridized carbons (Fsp3) is 0.318. The SMILES string of the molecule is C[C@@H]1CC[C@]2(CO1)CC(=NC#N)c1cc(-c3cccc(C#N)c3)ccc1O2. The van der Waals surface area contributed by atoms with Gasteiger partial charge >= 0.3 is 0 Å². The van der Waals surface area contributed by atoms with Gasteiger partial charge in [0.2, 0.25) is 6.19 Å². The van der Waals surface area contributed by atoms with E-state index in [1.807, 2.05) is 42.6 Å². The minimum Gasteiger partial charge on any atom is -0.484 e. The van der Waals surface area contributed by atoms with Crippen molar-refractivity contribution in [1.82, 2.24) is 0 Å². The van der Waals surface area contributed by atoms with Crippen LogP contribution < -0.4 is 4.74 Å². The Labute approximate surface area is 158 Å². The summed E-state index contributed by atoms with van der Waals surface area (Å²) in [5.41, 5.74) is 3.64. The Hall–Kier alpha value is -3.15. The molecular formula is C22H19N3O2. The fourth-order valence-electron chi connectivity index (χ4n) is 3.76. The highest BCUT2D eigenvalue weighted by Crippen LogP contribution is 2.40. The van der Waals surface area contributed by atoms with Gasteiger partial charge in [-0.2, -0.15) is 15.5 Å². The second-order valence-corrected chi connectivity index (χ2v) is 7.18. The zero-order valence-electron chi connectivity index (χ0n) is 15.1. The lowest BCUT2D eigenvalue weighted by atomic mass is 9.83. The highest BCUT2D eigenvalue weighted by Gasteiger charge is 2.42. The molecule has 134 valence electrons. The summed E-state index contributed by atoms with van der Waals surface area (Å²) in [4.78, 5) is 4.10. The zero-order valence-corrected chi connectivity index (χ0v) is 15.1. The highest BCUT2D eigenvalue weighted by atomic mass is 16.6. The molecule has 2 aliphatic rings. The summed E-state index contributed by atoms with van der Waals surface area (Å²) in [6.45, 7) is 2.57. The van der Waals surface area contributed by atoms with Crippen molar-refractivity contribution in [2.75, 3.05) is 6.61 Å². The average molecular weight is 357 g/mol. The maximum absolute atomic E-state index is 9.18. The van der Waals surface area contributed by atoms with Crippen molar-refractivity contribution in [3.8, 4) is 29.1 Å². The van der Waals surface area contributed by atoms with Gasteiger partial charge in [0.1, 0.15) is 11.4 Å². The van der Waals surface area contributed by atoms with Crippen LogP contribution in [0, 0.1) is 22.8 Å². The van der Waals surface area contributed by atoms with Crippen molar-refractivity contribution < 1.29 is 9.47 Å². The average Bonchev–Trinajstić information content (AvgIpc) is 2.70. The highest BCUT2D eigenvalue weighted by molar-refractivity contribution is 6.05. The van der Waals surface area contributed by atoms with Gasteiger partial charge in [-0.15, -0.1) is 0 Å². The predicted molar refractivity (Wildman–Crippen MR) is 101 cm³/mol. The number of nitrogens with zero attached hydrogens (tertiary/aromatic N) is 3. The molecule has 27 heavy (non-hydrogen) atoms. The van der Waals surface area contributed by atoms with Gasteiger partial charge in [-0.1, -0.05) is 18.2 Å². The van der Waals surface area contributed by atoms with Gasteiger partial charge in [-0.25, -0.2) is 0 Å². The molecule has 5 nitrogen and oxygen atoms in total. The molecule has 2 heterocycles. The number of rotatable bonds is 1. The van der Waals surface area contributed by atoms with Crippen LogP contribution in [0.1, 0.15) is 37.3 Å². The van der Waals surface area contributed by atoms with Crippen LogP contribution in [-0.2, 0) is 4.74 Å². The number of aliphatic imine (C=N–C) groups is 1. The maximum atomic E-state index is 9.18. The third-order valence-corrected chi connectivity index (χ3v) is 5.25. The Bertz CT molecular complexity index is 989. The van der Waals surface area contributed by atoms with Gasteiger partial charge in [-0.05, 0) is 55.2 Å². The van der Waals surface area contributed by atoms with Crippen LogP contribution in [-0.4, -0.2) is 24.0 Å². The molecule has 1 fully saturated rings. The number of hydrogen-bond acceptors (Lipinski definition) is 5. The molecule has 0 aromatic heterocycles. The molecule has 0 unspecified atom stereocenters. The van der Waals surface area contributed by atoms with Gasteiger partial charge in [-0.3, -0.25) is 0 Å². The van der Waals surface area contributed by atoms with Gasteiger partial charge in [0.25, 0.3) is 0 Å². The van der Waals surface area contributed by atoms with Crippen molar-refractivity contribution in [3.63, 3.8) is 0 Å². The first kappa shape index (κ1) is 17.3. The normalized spacial score (nSPS) is 25.3. The number of ether oxygens (including phenoxy) is 2. The van der Waals surface area contributed by atoms with Crippen LogP contribution in [0.2, 0.25) is 0 Å². The number of hydrogen-bond donors (Lipinski definition) is 0. The van der Waals surface area contributed by atoms with E-state index in [-0.39, 0.29) is 6.10 Å². The summed E-state index contributed by atoms with van der Waals surface area (Å²) in [6, 6.07) is 15.5. The zero-order chi connectivity index (χ0) is 18.9. The Balaban J connectivity index is 1.74. The van der Waals surface area contributed by atoms with Gasteiger partial charge < -0.3 is 9.47 Å². The smallest absolute Gasteiger partial charge is 0.205 e. The summed E-state index contributed by atoms with van der Waals surface area (Å²) in [5, 5.41) is 18.3. The van der Waals surface area contributed by atoms with Crippen molar-refractivity contribution in [3.05, 3.63) is 53.6 Å². The van der Waals surface area contributed by atoms with Crippen LogP contribution >= 0.6 is 0 Å². The molecule has 0 aliphatic carbocycles. The van der Waals surface area contributed by atoms with Crippen LogP contribution in [0.3, 0.4) is 0 Å². The molecule has 0 radical (unpaired) electrons. The minimum absolute atomic E-state index is 0.228. The van der Waals surface area contributed by atoms with E-state index < -0.39 is 5.60 Å². The quantitative estimate of drug-likeness (QED) is 0.716. The monoisotopic (exact) mass is 357 g/mol. The molecule has 2 aliphatic heterocycles. The predicted octanol–water partition coefficient (Wildman–Crippen LogP) is 4.22. The number of fused-ring (bicyclic) bond motifs is 1. The standard InChI is InChI=1S/C22H19N3O2/c1-15-7-8-22(13-26-15)11-20(25-14-24)19-10-18(5-6-21(19)27-22)17-4-2-3-16(9-17)12-23/h2-6,9-10,15H,7-8,11,13H2,1H3/t15-,22-/m1/s1. The third kappa shape index (κ3) is 3.30. The molecule has 0 saturated carbocycles. The van der Waals surface area contributed by atoms with Crippen molar-refractivity contribution in [2.45, 2.75) is 37.9 Å². The Morgan fingerprint density at radius 1 is 1.15 bits per heavy atom. The van der Waals surface area contributed by atoms with Gasteiger partial charge in [0.15, 0.2) is 0 Å². The molecule has 1 spiro atoms. The lowest BCUT2D eigenvalue weighted by molar-refractivity contribution is -0.0974. The van der Waals surface area contributed by atoms with E-state index >= 15 is 0 Å². The van der Waals surface area contributed by atoms with Crippen molar-refractivity contribution in [2.24, 2.45) is 4.99 Å². The molecule has 5 heteroatoms. The fourth-order valence-corrected chi connectivity index (χ4v) is 3.76. The number of nitriles is 2. The molecule has 0 amide bonds. The van der Waals surface area contributed by atoms with Crippen molar-refractivity contribution in [1.29, 1.82) is 10.5 Å². The Morgan fingerprint density at radius 2 is 2.00 bits per heavy atom. The van der Waals surface area contributed by atoms with E-state index in [2.05, 4.69) is 18.0 Å². The molecule has 2 aromatic carbocycles. The van der Waals surface area contributed by atoms with E-state index in [4.69, 9.17) is 14.7 Å². The Morgan fingerprint density at radius 3 is 2.74 bits per heavy atom. The lowest BCUT2D eigenvalue weighted by Gasteiger charge is -2.42. The summed E-state index contributed by atoms with van der Waals surface area (Å²) in [7, 11) is 0. The molecule has 0 bridgehead atoms. The van der Waals surface area contributed by atoms with Crippen molar-refractivity contribution >= 4 is 5.71 Å². The van der Waals surface area contributed by atoms with E-state index in [1.165, 1.54) is 0 Å². The van der Waals surface area contributed by atoms with E-state index in [0.29, 0.717) is 18.6 Å². The molecule has 0 N–H and O–H groups in total. The lowest BCUT2D eigenvalue weighted by Crippen LogP contribution is -2.50. The van der Waals surface area contributed by atoms with Gasteiger partial charge in [0, 0.05) is 12.0 Å². The van der Waals surface area contributed by atoms with E-state index in [9.17, 15) is 5.26 Å². The largest absolute Gasteiger partial charge is 0.484 e. The van der Waals surface area contributed by atoms with Crippen LogP contribution in [0.5, 0.6) is 5.75 Å². The molecule has 1 saturated heterocycles. The van der Waals surface area contributed by atoms with Crippen LogP contribution in [0.4, 0.5) is 0 Å². The van der Waals surface area contributed by atoms with E-state index in [0.717, 1.165) is 41.0 Å². The molecule has 4 rings (SSSR count). The summed E-state index contributed by atoms with van der Waals surface area (Å²) >= 11 is 0. The van der Waals surface area contributed by atoms with E-state index in [1.54, 1.807) is 6.07 Å².